The molecule has 0 radical (unpaired) electrons. The highest BCUT2D eigenvalue weighted by atomic mass is 35.5. The molecule has 2 aromatic rings. The van der Waals surface area contributed by atoms with Gasteiger partial charge in [0.15, 0.2) is 5.82 Å². The Bertz CT molecular complexity index is 558. The monoisotopic (exact) mass is 269 g/mol. The lowest BCUT2D eigenvalue weighted by molar-refractivity contribution is 1.19. The molecular weight excluding hydrogens is 261 g/mol. The standard InChI is InChI=1S/C10H9Cl2N5/c11-6-2-1-5(3-7(6)12)16-8-4-15-10(14)17-9(8)13/h1-4,16H,(H4,13,14,15,17). The van der Waals surface area contributed by atoms with E-state index < -0.39 is 0 Å². The molecule has 88 valence electrons. The van der Waals surface area contributed by atoms with Crippen molar-refractivity contribution in [3.63, 3.8) is 0 Å². The van der Waals surface area contributed by atoms with Gasteiger partial charge in [0.2, 0.25) is 5.95 Å². The molecule has 0 fully saturated rings. The summed E-state index contributed by atoms with van der Waals surface area (Å²) in [6, 6.07) is 5.13. The van der Waals surface area contributed by atoms with E-state index in [0.29, 0.717) is 15.7 Å². The Balaban J connectivity index is 2.28. The van der Waals surface area contributed by atoms with E-state index in [1.165, 1.54) is 6.20 Å². The molecule has 0 aliphatic heterocycles. The second-order valence-electron chi connectivity index (χ2n) is 3.28. The van der Waals surface area contributed by atoms with Crippen LogP contribution in [0.4, 0.5) is 23.1 Å². The SMILES string of the molecule is Nc1ncc(Nc2ccc(Cl)c(Cl)c2)c(N)n1. The van der Waals surface area contributed by atoms with E-state index in [2.05, 4.69) is 15.3 Å². The fourth-order valence-electron chi connectivity index (χ4n) is 1.24. The van der Waals surface area contributed by atoms with Crippen molar-refractivity contribution >= 4 is 46.3 Å². The highest BCUT2D eigenvalue weighted by Gasteiger charge is 2.04. The summed E-state index contributed by atoms with van der Waals surface area (Å²) in [5, 5.41) is 3.95. The van der Waals surface area contributed by atoms with E-state index in [4.69, 9.17) is 34.7 Å². The van der Waals surface area contributed by atoms with Crippen molar-refractivity contribution in [1.82, 2.24) is 9.97 Å². The smallest absolute Gasteiger partial charge is 0.222 e. The summed E-state index contributed by atoms with van der Waals surface area (Å²) in [4.78, 5) is 7.67. The maximum Gasteiger partial charge on any atom is 0.222 e. The Kier molecular flexibility index (Phi) is 3.21. The van der Waals surface area contributed by atoms with Crippen molar-refractivity contribution in [3.8, 4) is 0 Å². The lowest BCUT2D eigenvalue weighted by atomic mass is 10.3. The molecule has 0 spiro atoms. The number of nitrogens with one attached hydrogen (secondary N) is 1. The number of benzene rings is 1. The van der Waals surface area contributed by atoms with Crippen molar-refractivity contribution in [2.24, 2.45) is 0 Å². The number of nitrogens with two attached hydrogens (primary N) is 2. The summed E-state index contributed by atoms with van der Waals surface area (Å²) >= 11 is 11.7. The van der Waals surface area contributed by atoms with E-state index in [9.17, 15) is 0 Å². The summed E-state index contributed by atoms with van der Waals surface area (Å²) in [6.07, 6.45) is 1.50. The first-order valence-electron chi connectivity index (χ1n) is 4.66. The zero-order valence-electron chi connectivity index (χ0n) is 8.61. The number of halogens is 2. The van der Waals surface area contributed by atoms with Crippen LogP contribution in [0.1, 0.15) is 0 Å². The second kappa shape index (κ2) is 4.65. The van der Waals surface area contributed by atoms with E-state index in [1.54, 1.807) is 18.2 Å². The molecule has 1 aromatic carbocycles. The minimum absolute atomic E-state index is 0.127. The predicted molar refractivity (Wildman–Crippen MR) is 70.6 cm³/mol. The molecule has 1 aromatic heterocycles. The molecule has 5 N–H and O–H groups in total. The zero-order chi connectivity index (χ0) is 12.4. The molecule has 0 amide bonds. The van der Waals surface area contributed by atoms with Crippen LogP contribution in [-0.4, -0.2) is 9.97 Å². The number of rotatable bonds is 2. The lowest BCUT2D eigenvalue weighted by Crippen LogP contribution is -2.03. The van der Waals surface area contributed by atoms with Crippen LogP contribution in [0.25, 0.3) is 0 Å². The summed E-state index contributed by atoms with van der Waals surface area (Å²) in [6.45, 7) is 0. The Labute approximate surface area is 108 Å². The summed E-state index contributed by atoms with van der Waals surface area (Å²) in [5.41, 5.74) is 12.4. The summed E-state index contributed by atoms with van der Waals surface area (Å²) in [7, 11) is 0. The van der Waals surface area contributed by atoms with Crippen molar-refractivity contribution in [2.45, 2.75) is 0 Å². The molecule has 0 atom stereocenters. The molecule has 0 aliphatic rings. The number of aromatic nitrogens is 2. The third kappa shape index (κ3) is 2.69. The predicted octanol–water partition coefficient (Wildman–Crippen LogP) is 2.69. The molecule has 0 saturated carbocycles. The number of nitrogen functional groups attached to an aromatic ring is 2. The van der Waals surface area contributed by atoms with Crippen LogP contribution in [0, 0.1) is 0 Å². The molecule has 0 bridgehead atoms. The molecule has 2 rings (SSSR count). The summed E-state index contributed by atoms with van der Waals surface area (Å²) < 4.78 is 0. The fraction of sp³-hybridized carbons (Fsp3) is 0. The Hall–Kier alpha value is -1.72. The van der Waals surface area contributed by atoms with Gasteiger partial charge in [-0.1, -0.05) is 23.2 Å². The van der Waals surface area contributed by atoms with Gasteiger partial charge in [-0.2, -0.15) is 4.98 Å². The fourth-order valence-corrected chi connectivity index (χ4v) is 1.53. The first-order chi connectivity index (χ1) is 8.06. The lowest BCUT2D eigenvalue weighted by Gasteiger charge is -2.09. The van der Waals surface area contributed by atoms with Crippen molar-refractivity contribution in [3.05, 3.63) is 34.4 Å². The van der Waals surface area contributed by atoms with E-state index in [1.807, 2.05) is 0 Å². The topological polar surface area (TPSA) is 89.8 Å². The van der Waals surface area contributed by atoms with Gasteiger partial charge in [0, 0.05) is 5.69 Å². The van der Waals surface area contributed by atoms with Crippen molar-refractivity contribution in [1.29, 1.82) is 0 Å². The van der Waals surface area contributed by atoms with Gasteiger partial charge < -0.3 is 16.8 Å². The molecule has 7 heteroatoms. The Morgan fingerprint density at radius 1 is 1.12 bits per heavy atom. The van der Waals surface area contributed by atoms with Crippen LogP contribution in [0.15, 0.2) is 24.4 Å². The van der Waals surface area contributed by atoms with Crippen LogP contribution in [0.5, 0.6) is 0 Å². The van der Waals surface area contributed by atoms with Gasteiger partial charge in [-0.15, -0.1) is 0 Å². The molecular formula is C10H9Cl2N5. The van der Waals surface area contributed by atoms with E-state index in [0.717, 1.165) is 5.69 Å². The highest BCUT2D eigenvalue weighted by Crippen LogP contribution is 2.28. The first-order valence-corrected chi connectivity index (χ1v) is 5.42. The summed E-state index contributed by atoms with van der Waals surface area (Å²) in [5.74, 6) is 0.394. The molecule has 1 heterocycles. The van der Waals surface area contributed by atoms with E-state index in [-0.39, 0.29) is 11.8 Å². The number of hydrogen-bond donors (Lipinski definition) is 3. The third-order valence-corrected chi connectivity index (χ3v) is 2.77. The van der Waals surface area contributed by atoms with Crippen LogP contribution in [-0.2, 0) is 0 Å². The number of anilines is 4. The van der Waals surface area contributed by atoms with Gasteiger partial charge in [0.1, 0.15) is 5.69 Å². The average Bonchev–Trinajstić information content (AvgIpc) is 2.27. The molecule has 17 heavy (non-hydrogen) atoms. The van der Waals surface area contributed by atoms with Gasteiger partial charge in [-0.05, 0) is 18.2 Å². The van der Waals surface area contributed by atoms with Crippen LogP contribution >= 0.6 is 23.2 Å². The van der Waals surface area contributed by atoms with Gasteiger partial charge in [-0.3, -0.25) is 0 Å². The molecule has 0 aliphatic carbocycles. The highest BCUT2D eigenvalue weighted by molar-refractivity contribution is 6.42. The van der Waals surface area contributed by atoms with Crippen LogP contribution in [0.2, 0.25) is 10.0 Å². The van der Waals surface area contributed by atoms with E-state index >= 15 is 0 Å². The van der Waals surface area contributed by atoms with Crippen LogP contribution < -0.4 is 16.8 Å². The first kappa shape index (κ1) is 11.8. The largest absolute Gasteiger partial charge is 0.382 e. The van der Waals surface area contributed by atoms with Gasteiger partial charge in [0.05, 0.1) is 16.2 Å². The number of hydrogen-bond acceptors (Lipinski definition) is 5. The Morgan fingerprint density at radius 3 is 2.53 bits per heavy atom. The average molecular weight is 270 g/mol. The van der Waals surface area contributed by atoms with Gasteiger partial charge in [0.25, 0.3) is 0 Å². The number of nitrogens with zero attached hydrogens (tertiary/aromatic N) is 2. The maximum atomic E-state index is 5.89. The van der Waals surface area contributed by atoms with Crippen LogP contribution in [0.3, 0.4) is 0 Å². The normalized spacial score (nSPS) is 10.2. The molecule has 0 unspecified atom stereocenters. The Morgan fingerprint density at radius 2 is 1.88 bits per heavy atom. The third-order valence-electron chi connectivity index (χ3n) is 2.04. The second-order valence-corrected chi connectivity index (χ2v) is 4.10. The zero-order valence-corrected chi connectivity index (χ0v) is 10.1. The maximum absolute atomic E-state index is 5.89. The minimum Gasteiger partial charge on any atom is -0.382 e. The van der Waals surface area contributed by atoms with Gasteiger partial charge >= 0.3 is 0 Å². The van der Waals surface area contributed by atoms with Gasteiger partial charge in [-0.25, -0.2) is 4.98 Å². The minimum atomic E-state index is 0.127. The molecule has 0 saturated heterocycles. The van der Waals surface area contributed by atoms with Crippen molar-refractivity contribution in [2.75, 3.05) is 16.8 Å². The van der Waals surface area contributed by atoms with Crippen molar-refractivity contribution < 1.29 is 0 Å². The quantitative estimate of drug-likeness (QED) is 0.780. The molecule has 5 nitrogen and oxygen atoms in total.